The number of fused-ring (bicyclic) bond motifs is 1. The van der Waals surface area contributed by atoms with E-state index < -0.39 is 6.17 Å². The van der Waals surface area contributed by atoms with Crippen molar-refractivity contribution in [3.05, 3.63) is 30.5 Å². The highest BCUT2D eigenvalue weighted by atomic mass is 32.1. The van der Waals surface area contributed by atoms with Crippen LogP contribution in [0.5, 0.6) is 17.2 Å². The minimum absolute atomic E-state index is 0.275. The van der Waals surface area contributed by atoms with Gasteiger partial charge in [-0.15, -0.1) is 0 Å². The summed E-state index contributed by atoms with van der Waals surface area (Å²) in [7, 11) is 4.65. The molecule has 1 aliphatic rings. The fourth-order valence-electron chi connectivity index (χ4n) is 3.90. The number of hydrogen-bond acceptors (Lipinski definition) is 8. The monoisotopic (exact) mass is 486 g/mol. The van der Waals surface area contributed by atoms with Gasteiger partial charge in [0.2, 0.25) is 5.75 Å². The number of hydrogen-bond donors (Lipinski definition) is 3. The van der Waals surface area contributed by atoms with E-state index in [1.807, 2.05) is 0 Å². The maximum atomic E-state index is 14.1. The predicted octanol–water partition coefficient (Wildman–Crippen LogP) is 4.36. The highest BCUT2D eigenvalue weighted by molar-refractivity contribution is 7.80. The molecule has 1 aliphatic carbocycles. The van der Waals surface area contributed by atoms with Gasteiger partial charge in [0.15, 0.2) is 28.1 Å². The third kappa shape index (κ3) is 5.36. The zero-order valence-electron chi connectivity index (χ0n) is 19.2. The minimum atomic E-state index is -0.896. The molecule has 2 unspecified atom stereocenters. The highest BCUT2D eigenvalue weighted by Gasteiger charge is 2.25. The Labute approximate surface area is 202 Å². The van der Waals surface area contributed by atoms with E-state index in [9.17, 15) is 4.39 Å². The summed E-state index contributed by atoms with van der Waals surface area (Å²) in [6, 6.07) is 6.81. The summed E-state index contributed by atoms with van der Waals surface area (Å²) in [6.07, 6.45) is 3.94. The minimum Gasteiger partial charge on any atom is -0.493 e. The molecule has 0 amide bonds. The number of halogens is 1. The topological polar surface area (TPSA) is 102 Å². The van der Waals surface area contributed by atoms with Gasteiger partial charge in [-0.2, -0.15) is 0 Å². The van der Waals surface area contributed by atoms with Crippen LogP contribution in [-0.2, 0) is 0 Å². The van der Waals surface area contributed by atoms with Gasteiger partial charge in [0.05, 0.1) is 33.6 Å². The molecule has 1 saturated carbocycles. The van der Waals surface area contributed by atoms with E-state index in [1.54, 1.807) is 51.8 Å². The molecular formula is C23H27FN6O3S. The number of methoxy groups -OCH3 is 3. The first-order valence-corrected chi connectivity index (χ1v) is 11.3. The number of benzene rings is 1. The van der Waals surface area contributed by atoms with Crippen molar-refractivity contribution in [2.45, 2.75) is 37.9 Å². The Morgan fingerprint density at radius 1 is 1.00 bits per heavy atom. The molecular weight excluding hydrogens is 459 g/mol. The molecule has 9 nitrogen and oxygen atoms in total. The molecule has 11 heteroatoms. The number of pyridine rings is 1. The van der Waals surface area contributed by atoms with Crippen molar-refractivity contribution in [1.82, 2.24) is 20.3 Å². The fourth-order valence-corrected chi connectivity index (χ4v) is 4.15. The first-order chi connectivity index (χ1) is 16.5. The van der Waals surface area contributed by atoms with Crippen molar-refractivity contribution in [1.29, 1.82) is 0 Å². The summed E-state index contributed by atoms with van der Waals surface area (Å²) in [4.78, 5) is 13.5. The number of nitrogens with zero attached hydrogens (tertiary/aromatic N) is 3. The molecule has 34 heavy (non-hydrogen) atoms. The van der Waals surface area contributed by atoms with Gasteiger partial charge in [-0.1, -0.05) is 12.8 Å². The van der Waals surface area contributed by atoms with Crippen molar-refractivity contribution in [3.8, 4) is 17.2 Å². The molecule has 4 rings (SSSR count). The molecule has 3 aromatic rings. The van der Waals surface area contributed by atoms with Crippen molar-refractivity contribution in [2.24, 2.45) is 0 Å². The van der Waals surface area contributed by atoms with E-state index in [0.717, 1.165) is 19.3 Å². The Bertz CT molecular complexity index is 1160. The first kappa shape index (κ1) is 23.7. The van der Waals surface area contributed by atoms with E-state index in [2.05, 4.69) is 30.9 Å². The van der Waals surface area contributed by atoms with Gasteiger partial charge in [0.25, 0.3) is 0 Å². The summed E-state index contributed by atoms with van der Waals surface area (Å²) < 4.78 is 30.3. The van der Waals surface area contributed by atoms with E-state index >= 15 is 0 Å². The number of ether oxygens (including phenoxy) is 3. The summed E-state index contributed by atoms with van der Waals surface area (Å²) in [5.74, 6) is 2.49. The smallest absolute Gasteiger partial charge is 0.203 e. The second-order valence-corrected chi connectivity index (χ2v) is 8.25. The van der Waals surface area contributed by atoms with Crippen LogP contribution >= 0.6 is 12.2 Å². The summed E-state index contributed by atoms with van der Waals surface area (Å²) in [5, 5.41) is 9.61. The zero-order chi connectivity index (χ0) is 24.1. The van der Waals surface area contributed by atoms with Crippen molar-refractivity contribution in [2.75, 3.05) is 32.0 Å². The van der Waals surface area contributed by atoms with E-state index in [0.29, 0.717) is 57.3 Å². The van der Waals surface area contributed by atoms with Gasteiger partial charge < -0.3 is 30.2 Å². The predicted molar refractivity (Wildman–Crippen MR) is 133 cm³/mol. The molecule has 2 aromatic heterocycles. The van der Waals surface area contributed by atoms with Gasteiger partial charge in [0, 0.05) is 17.8 Å². The van der Waals surface area contributed by atoms with Crippen LogP contribution in [0.3, 0.4) is 0 Å². The molecule has 1 aromatic carbocycles. The van der Waals surface area contributed by atoms with Gasteiger partial charge >= 0.3 is 0 Å². The quantitative estimate of drug-likeness (QED) is 0.418. The average molecular weight is 487 g/mol. The van der Waals surface area contributed by atoms with Crippen LogP contribution in [0.15, 0.2) is 30.5 Å². The number of anilines is 3. The average Bonchev–Trinajstić information content (AvgIpc) is 2.84. The number of nitrogens with one attached hydrogen (secondary N) is 3. The second kappa shape index (κ2) is 10.6. The lowest BCUT2D eigenvalue weighted by Gasteiger charge is -2.27. The lowest BCUT2D eigenvalue weighted by Crippen LogP contribution is -2.45. The van der Waals surface area contributed by atoms with Gasteiger partial charge in [-0.3, -0.25) is 0 Å². The number of rotatable bonds is 7. The molecule has 2 heterocycles. The molecule has 0 bridgehead atoms. The maximum Gasteiger partial charge on any atom is 0.203 e. The molecule has 2 atom stereocenters. The fraction of sp³-hybridized carbons (Fsp3) is 0.391. The third-order valence-corrected chi connectivity index (χ3v) is 5.80. The lowest BCUT2D eigenvalue weighted by molar-refractivity contribution is 0.205. The Morgan fingerprint density at radius 3 is 2.38 bits per heavy atom. The SMILES string of the molecule is COc1cc(Nc2cnc3ccc(NC(=S)NC4CCCCC4F)nc3n2)cc(OC)c1OC. The van der Waals surface area contributed by atoms with Gasteiger partial charge in [0.1, 0.15) is 17.5 Å². The van der Waals surface area contributed by atoms with Crippen LogP contribution in [0, 0.1) is 0 Å². The maximum absolute atomic E-state index is 14.1. The normalized spacial score (nSPS) is 17.6. The summed E-state index contributed by atoms with van der Waals surface area (Å²) in [5.41, 5.74) is 1.72. The molecule has 3 N–H and O–H groups in total. The van der Waals surface area contributed by atoms with Crippen molar-refractivity contribution in [3.63, 3.8) is 0 Å². The first-order valence-electron chi connectivity index (χ1n) is 10.9. The van der Waals surface area contributed by atoms with Crippen LogP contribution in [-0.4, -0.2) is 53.6 Å². The standard InChI is InChI=1S/C23H27FN6O3S/c1-31-17-10-13(11-18(32-2)21(17)33-3)26-20-12-25-16-8-9-19(28-22(16)29-20)30-23(34)27-15-7-5-4-6-14(15)24/h8-12,14-15H,4-7H2,1-3H3,(H3,26,27,28,29,30,34). The Hall–Kier alpha value is -3.47. The highest BCUT2D eigenvalue weighted by Crippen LogP contribution is 2.40. The van der Waals surface area contributed by atoms with E-state index in [4.69, 9.17) is 26.4 Å². The summed E-state index contributed by atoms with van der Waals surface area (Å²) in [6.45, 7) is 0. The number of thiocarbonyl (C=S) groups is 1. The second-order valence-electron chi connectivity index (χ2n) is 7.84. The Kier molecular flexibility index (Phi) is 7.41. The van der Waals surface area contributed by atoms with Crippen molar-refractivity contribution < 1.29 is 18.6 Å². The van der Waals surface area contributed by atoms with Gasteiger partial charge in [-0.05, 0) is 37.2 Å². The van der Waals surface area contributed by atoms with Crippen LogP contribution in [0.1, 0.15) is 25.7 Å². The Balaban J connectivity index is 1.51. The largest absolute Gasteiger partial charge is 0.493 e. The number of alkyl halides is 1. The molecule has 0 saturated heterocycles. The lowest BCUT2D eigenvalue weighted by atomic mass is 9.94. The van der Waals surface area contributed by atoms with E-state index in [1.165, 1.54) is 0 Å². The number of aromatic nitrogens is 3. The third-order valence-electron chi connectivity index (χ3n) is 5.58. The van der Waals surface area contributed by atoms with Crippen LogP contribution in [0.25, 0.3) is 11.2 Å². The van der Waals surface area contributed by atoms with E-state index in [-0.39, 0.29) is 6.04 Å². The molecule has 0 spiro atoms. The van der Waals surface area contributed by atoms with Crippen LogP contribution in [0.4, 0.5) is 21.7 Å². The summed E-state index contributed by atoms with van der Waals surface area (Å²) >= 11 is 5.36. The van der Waals surface area contributed by atoms with Crippen LogP contribution in [0.2, 0.25) is 0 Å². The molecule has 0 radical (unpaired) electrons. The van der Waals surface area contributed by atoms with Crippen molar-refractivity contribution >= 4 is 45.8 Å². The molecule has 1 fully saturated rings. The Morgan fingerprint density at radius 2 is 1.71 bits per heavy atom. The van der Waals surface area contributed by atoms with Crippen LogP contribution < -0.4 is 30.2 Å². The molecule has 0 aliphatic heterocycles. The molecule has 180 valence electrons. The zero-order valence-corrected chi connectivity index (χ0v) is 20.0. The van der Waals surface area contributed by atoms with Gasteiger partial charge in [-0.25, -0.2) is 19.3 Å².